The van der Waals surface area contributed by atoms with E-state index >= 15 is 0 Å². The fourth-order valence-electron chi connectivity index (χ4n) is 2.47. The Hall–Kier alpha value is -2.77. The van der Waals surface area contributed by atoms with Crippen LogP contribution in [-0.4, -0.2) is 56.3 Å². The normalized spacial score (nSPS) is 15.6. The van der Waals surface area contributed by atoms with E-state index < -0.39 is 0 Å². The summed E-state index contributed by atoms with van der Waals surface area (Å²) < 4.78 is 0. The molecule has 0 saturated carbocycles. The molecule has 0 amide bonds. The molecular weight excluding hydrogens is 268 g/mol. The highest BCUT2D eigenvalue weighted by atomic mass is 15.3. The van der Waals surface area contributed by atoms with Crippen molar-refractivity contribution in [1.29, 1.82) is 0 Å². The lowest BCUT2D eigenvalue weighted by molar-refractivity contribution is 0.634. The molecule has 1 saturated heterocycles. The third-order valence-electron chi connectivity index (χ3n) is 3.61. The van der Waals surface area contributed by atoms with Crippen molar-refractivity contribution in [2.75, 3.05) is 36.0 Å². The van der Waals surface area contributed by atoms with Gasteiger partial charge >= 0.3 is 0 Å². The number of H-pyrrole nitrogens is 1. The second-order valence-electron chi connectivity index (χ2n) is 4.88. The van der Waals surface area contributed by atoms with Crippen molar-refractivity contribution in [2.45, 2.75) is 0 Å². The number of nitrogens with one attached hydrogen (secondary N) is 1. The minimum absolute atomic E-state index is 0.741. The second-order valence-corrected chi connectivity index (χ2v) is 4.88. The summed E-state index contributed by atoms with van der Waals surface area (Å²) in [7, 11) is 0. The van der Waals surface area contributed by atoms with E-state index in [9.17, 15) is 0 Å². The quantitative estimate of drug-likeness (QED) is 0.731. The Kier molecular flexibility index (Phi) is 2.84. The van der Waals surface area contributed by atoms with E-state index in [4.69, 9.17) is 0 Å². The lowest BCUT2D eigenvalue weighted by Crippen LogP contribution is -2.47. The monoisotopic (exact) mass is 282 g/mol. The second kappa shape index (κ2) is 4.97. The minimum Gasteiger partial charge on any atom is -0.352 e. The molecule has 3 aromatic heterocycles. The average Bonchev–Trinajstić information content (AvgIpc) is 3.03. The van der Waals surface area contributed by atoms with Crippen molar-refractivity contribution >= 4 is 22.8 Å². The maximum absolute atomic E-state index is 4.51. The number of hydrogen-bond acceptors (Lipinski definition) is 7. The molecule has 8 heteroatoms. The Labute approximate surface area is 120 Å². The van der Waals surface area contributed by atoms with Gasteiger partial charge in [0.2, 0.25) is 5.95 Å². The predicted octanol–water partition coefficient (Wildman–Crippen LogP) is 0.469. The summed E-state index contributed by atoms with van der Waals surface area (Å²) in [5, 5.41) is 7.77. The molecule has 0 unspecified atom stereocenters. The lowest BCUT2D eigenvalue weighted by Gasteiger charge is -2.35. The molecule has 1 aliphatic rings. The Bertz CT molecular complexity index is 732. The number of aromatic amines is 1. The highest BCUT2D eigenvalue weighted by Crippen LogP contribution is 2.16. The van der Waals surface area contributed by atoms with Crippen LogP contribution < -0.4 is 9.80 Å². The largest absolute Gasteiger partial charge is 0.352 e. The van der Waals surface area contributed by atoms with E-state index in [-0.39, 0.29) is 0 Å². The van der Waals surface area contributed by atoms with Crippen LogP contribution in [0.5, 0.6) is 0 Å². The van der Waals surface area contributed by atoms with E-state index in [1.807, 2.05) is 0 Å². The van der Waals surface area contributed by atoms with Crippen LogP contribution in [0.4, 0.5) is 11.8 Å². The minimum atomic E-state index is 0.741. The molecule has 21 heavy (non-hydrogen) atoms. The van der Waals surface area contributed by atoms with Gasteiger partial charge in [0, 0.05) is 44.8 Å². The standard InChI is InChI=1S/C13H14N8/c1-2-15-11(9-14-1)20-3-5-21(6-4-20)13-16-7-10-8-17-19-12(10)18-13/h1-2,7-9H,3-6H2,(H,16,17,18,19). The third kappa shape index (κ3) is 2.24. The number of piperazine rings is 1. The molecular formula is C13H14N8. The van der Waals surface area contributed by atoms with Gasteiger partial charge in [-0.15, -0.1) is 0 Å². The molecule has 4 rings (SSSR count). The van der Waals surface area contributed by atoms with E-state index in [2.05, 4.69) is 39.9 Å². The molecule has 1 fully saturated rings. The topological polar surface area (TPSA) is 86.7 Å². The molecule has 0 aromatic carbocycles. The molecule has 1 aliphatic heterocycles. The van der Waals surface area contributed by atoms with Crippen molar-refractivity contribution in [1.82, 2.24) is 30.1 Å². The molecule has 106 valence electrons. The van der Waals surface area contributed by atoms with E-state index in [0.717, 1.165) is 49.0 Å². The van der Waals surface area contributed by atoms with E-state index in [1.165, 1.54) is 0 Å². The molecule has 3 aromatic rings. The van der Waals surface area contributed by atoms with Crippen LogP contribution in [0.1, 0.15) is 0 Å². The van der Waals surface area contributed by atoms with Crippen LogP contribution in [0.25, 0.3) is 11.0 Å². The fraction of sp³-hybridized carbons (Fsp3) is 0.308. The van der Waals surface area contributed by atoms with Gasteiger partial charge in [-0.05, 0) is 0 Å². The first-order valence-corrected chi connectivity index (χ1v) is 6.82. The van der Waals surface area contributed by atoms with Crippen molar-refractivity contribution < 1.29 is 0 Å². The summed E-state index contributed by atoms with van der Waals surface area (Å²) >= 11 is 0. The van der Waals surface area contributed by atoms with Gasteiger partial charge in [0.05, 0.1) is 17.8 Å². The van der Waals surface area contributed by atoms with Gasteiger partial charge in [-0.25, -0.2) is 9.97 Å². The fourth-order valence-corrected chi connectivity index (χ4v) is 2.47. The number of fused-ring (bicyclic) bond motifs is 1. The first-order valence-electron chi connectivity index (χ1n) is 6.82. The summed E-state index contributed by atoms with van der Waals surface area (Å²) in [5.41, 5.74) is 0.774. The molecule has 8 nitrogen and oxygen atoms in total. The van der Waals surface area contributed by atoms with Crippen molar-refractivity contribution in [3.8, 4) is 0 Å². The Morgan fingerprint density at radius 2 is 1.76 bits per heavy atom. The van der Waals surface area contributed by atoms with Crippen LogP contribution in [0.15, 0.2) is 31.0 Å². The van der Waals surface area contributed by atoms with Gasteiger partial charge in [0.1, 0.15) is 5.82 Å². The number of hydrogen-bond donors (Lipinski definition) is 1. The first-order chi connectivity index (χ1) is 10.4. The number of nitrogens with zero attached hydrogens (tertiary/aromatic N) is 7. The number of rotatable bonds is 2. The molecule has 0 aliphatic carbocycles. The Morgan fingerprint density at radius 1 is 0.905 bits per heavy atom. The molecule has 0 bridgehead atoms. The molecule has 0 atom stereocenters. The Morgan fingerprint density at radius 3 is 2.57 bits per heavy atom. The zero-order valence-corrected chi connectivity index (χ0v) is 11.3. The molecule has 1 N–H and O–H groups in total. The lowest BCUT2D eigenvalue weighted by atomic mass is 10.3. The summed E-state index contributed by atoms with van der Waals surface area (Å²) in [6, 6.07) is 0. The highest BCUT2D eigenvalue weighted by Gasteiger charge is 2.20. The summed E-state index contributed by atoms with van der Waals surface area (Å²) in [5.74, 6) is 1.66. The van der Waals surface area contributed by atoms with Crippen molar-refractivity contribution in [3.63, 3.8) is 0 Å². The van der Waals surface area contributed by atoms with Gasteiger partial charge in [0.15, 0.2) is 5.65 Å². The molecule has 4 heterocycles. The van der Waals surface area contributed by atoms with Crippen LogP contribution in [0.3, 0.4) is 0 Å². The Balaban J connectivity index is 1.49. The number of anilines is 2. The summed E-state index contributed by atoms with van der Waals surface area (Å²) in [6.07, 6.45) is 8.73. The maximum Gasteiger partial charge on any atom is 0.227 e. The molecule has 0 radical (unpaired) electrons. The first kappa shape index (κ1) is 12.0. The van der Waals surface area contributed by atoms with Gasteiger partial charge in [0.25, 0.3) is 0 Å². The van der Waals surface area contributed by atoms with Crippen molar-refractivity contribution in [3.05, 3.63) is 31.0 Å². The van der Waals surface area contributed by atoms with E-state index in [0.29, 0.717) is 0 Å². The summed E-state index contributed by atoms with van der Waals surface area (Å²) in [4.78, 5) is 21.8. The smallest absolute Gasteiger partial charge is 0.227 e. The zero-order chi connectivity index (χ0) is 14.1. The zero-order valence-electron chi connectivity index (χ0n) is 11.3. The maximum atomic E-state index is 4.51. The average molecular weight is 282 g/mol. The summed E-state index contributed by atoms with van der Waals surface area (Å²) in [6.45, 7) is 3.47. The SMILES string of the molecule is c1cnc(N2CCN(c3ncc4cn[nH]c4n3)CC2)cn1. The van der Waals surface area contributed by atoms with Gasteiger partial charge in [-0.1, -0.05) is 0 Å². The van der Waals surface area contributed by atoms with Crippen LogP contribution >= 0.6 is 0 Å². The van der Waals surface area contributed by atoms with Crippen LogP contribution in [0.2, 0.25) is 0 Å². The molecule has 0 spiro atoms. The van der Waals surface area contributed by atoms with Gasteiger partial charge in [-0.2, -0.15) is 10.1 Å². The van der Waals surface area contributed by atoms with Gasteiger partial charge < -0.3 is 9.80 Å². The van der Waals surface area contributed by atoms with Gasteiger partial charge in [-0.3, -0.25) is 10.1 Å². The van der Waals surface area contributed by atoms with Crippen molar-refractivity contribution in [2.24, 2.45) is 0 Å². The highest BCUT2D eigenvalue weighted by molar-refractivity contribution is 5.73. The third-order valence-corrected chi connectivity index (χ3v) is 3.61. The number of aromatic nitrogens is 6. The predicted molar refractivity (Wildman–Crippen MR) is 78.1 cm³/mol. The van der Waals surface area contributed by atoms with Crippen LogP contribution in [-0.2, 0) is 0 Å². The van der Waals surface area contributed by atoms with Crippen LogP contribution in [0, 0.1) is 0 Å². The van der Waals surface area contributed by atoms with E-state index in [1.54, 1.807) is 31.0 Å².